The van der Waals surface area contributed by atoms with Crippen LogP contribution in [0.5, 0.6) is 23.0 Å². The van der Waals surface area contributed by atoms with Crippen molar-refractivity contribution in [2.45, 2.75) is 13.8 Å². The molecule has 0 fully saturated rings. The number of fused-ring (bicyclic) bond motifs is 2. The first-order valence-electron chi connectivity index (χ1n) is 13.4. The molecule has 0 atom stereocenters. The number of esters is 1. The first-order valence-corrected chi connectivity index (χ1v) is 13.4. The van der Waals surface area contributed by atoms with Crippen LogP contribution in [0.3, 0.4) is 0 Å². The minimum absolute atomic E-state index is 0.113. The predicted octanol–water partition coefficient (Wildman–Crippen LogP) is 6.25. The number of rotatable bonds is 8. The van der Waals surface area contributed by atoms with Crippen LogP contribution in [0.15, 0.2) is 90.0 Å². The number of carbonyl (C=O) groups is 2. The summed E-state index contributed by atoms with van der Waals surface area (Å²) in [5.74, 6) is 0.736. The Morgan fingerprint density at radius 1 is 0.952 bits per heavy atom. The summed E-state index contributed by atoms with van der Waals surface area (Å²) in [6, 6.07) is 25.6. The quantitative estimate of drug-likeness (QED) is 0.100. The Bertz CT molecular complexity index is 1830. The Morgan fingerprint density at radius 2 is 1.79 bits per heavy atom. The molecule has 4 aromatic carbocycles. The van der Waals surface area contributed by atoms with Crippen LogP contribution in [-0.4, -0.2) is 36.5 Å². The number of hydrogen-bond acceptors (Lipinski definition) is 7. The number of aromatic amines is 1. The van der Waals surface area contributed by atoms with E-state index in [1.54, 1.807) is 36.4 Å². The molecule has 0 unspecified atom stereocenters. The van der Waals surface area contributed by atoms with E-state index < -0.39 is 5.97 Å². The number of nitrogens with one attached hydrogen (secondary N) is 2. The molecule has 1 aliphatic rings. The molecular formula is C33H27N3O6. The summed E-state index contributed by atoms with van der Waals surface area (Å²) in [6.07, 6.45) is 1.50. The van der Waals surface area contributed by atoms with E-state index in [4.69, 9.17) is 18.9 Å². The van der Waals surface area contributed by atoms with Gasteiger partial charge in [0.05, 0.1) is 18.4 Å². The summed E-state index contributed by atoms with van der Waals surface area (Å²) in [4.78, 5) is 29.3. The highest BCUT2D eigenvalue weighted by Gasteiger charge is 2.20. The normalized spacial score (nSPS) is 12.0. The molecule has 0 saturated heterocycles. The largest absolute Gasteiger partial charge is 0.490 e. The maximum atomic E-state index is 13.3. The predicted molar refractivity (Wildman–Crippen MR) is 159 cm³/mol. The first kappa shape index (κ1) is 26.6. The molecule has 5 aromatic rings. The number of ether oxygens (including phenoxy) is 4. The van der Waals surface area contributed by atoms with Crippen molar-refractivity contribution >= 4 is 29.0 Å². The third-order valence-electron chi connectivity index (χ3n) is 6.70. The molecule has 42 heavy (non-hydrogen) atoms. The number of hydrogen-bond donors (Lipinski definition) is 2. The smallest absolute Gasteiger partial charge is 0.343 e. The maximum Gasteiger partial charge on any atom is 0.343 e. The van der Waals surface area contributed by atoms with Crippen molar-refractivity contribution in [3.05, 3.63) is 107 Å². The van der Waals surface area contributed by atoms with Gasteiger partial charge in [0.2, 0.25) is 6.79 Å². The fourth-order valence-electron chi connectivity index (χ4n) is 4.74. The van der Waals surface area contributed by atoms with Crippen molar-refractivity contribution in [2.75, 3.05) is 13.4 Å². The van der Waals surface area contributed by atoms with Crippen LogP contribution in [0.25, 0.3) is 22.0 Å². The van der Waals surface area contributed by atoms with E-state index >= 15 is 0 Å². The molecule has 2 N–H and O–H groups in total. The second-order valence-corrected chi connectivity index (χ2v) is 9.59. The molecule has 9 heteroatoms. The Morgan fingerprint density at radius 3 is 2.62 bits per heavy atom. The zero-order valence-corrected chi connectivity index (χ0v) is 23.0. The molecule has 0 spiro atoms. The molecule has 0 radical (unpaired) electrons. The van der Waals surface area contributed by atoms with Gasteiger partial charge in [-0.05, 0) is 73.5 Å². The molecule has 0 bridgehead atoms. The van der Waals surface area contributed by atoms with Crippen LogP contribution in [0.1, 0.15) is 38.9 Å². The Labute approximate surface area is 241 Å². The van der Waals surface area contributed by atoms with Crippen molar-refractivity contribution in [3.8, 4) is 34.1 Å². The van der Waals surface area contributed by atoms with Crippen LogP contribution in [0, 0.1) is 6.92 Å². The van der Waals surface area contributed by atoms with Gasteiger partial charge in [-0.25, -0.2) is 10.2 Å². The molecule has 1 amide bonds. The van der Waals surface area contributed by atoms with Crippen LogP contribution in [-0.2, 0) is 0 Å². The molecule has 1 aromatic heterocycles. The fraction of sp³-hybridized carbons (Fsp3) is 0.121. The Kier molecular flexibility index (Phi) is 7.30. The molecule has 210 valence electrons. The number of hydrazone groups is 1. The van der Waals surface area contributed by atoms with Crippen LogP contribution < -0.4 is 24.4 Å². The van der Waals surface area contributed by atoms with Gasteiger partial charge in [-0.1, -0.05) is 42.0 Å². The average Bonchev–Trinajstić information content (AvgIpc) is 3.63. The monoisotopic (exact) mass is 561 g/mol. The van der Waals surface area contributed by atoms with Gasteiger partial charge in [0, 0.05) is 16.5 Å². The standard InChI is InChI=1S/C33H27N3O6/c1-3-39-28-16-21(10-13-27(28)42-33(38)23-11-14-26-29(17-23)41-19-40-26)18-34-36-32(37)31-30(22-7-5-4-6-8-22)24-15-20(2)9-12-25(24)35-31/h4-18,35H,3,19H2,1-2H3,(H,36,37). The molecular weight excluding hydrogens is 534 g/mol. The minimum Gasteiger partial charge on any atom is -0.490 e. The van der Waals surface area contributed by atoms with Gasteiger partial charge in [0.1, 0.15) is 5.69 Å². The Hall–Kier alpha value is -5.57. The molecule has 2 heterocycles. The lowest BCUT2D eigenvalue weighted by atomic mass is 10.0. The van der Waals surface area contributed by atoms with Crippen molar-refractivity contribution in [1.29, 1.82) is 0 Å². The van der Waals surface area contributed by atoms with Gasteiger partial charge >= 0.3 is 5.97 Å². The van der Waals surface area contributed by atoms with E-state index in [1.807, 2.05) is 56.3 Å². The average molecular weight is 562 g/mol. The van der Waals surface area contributed by atoms with E-state index in [1.165, 1.54) is 6.21 Å². The molecule has 0 aliphatic carbocycles. The second-order valence-electron chi connectivity index (χ2n) is 9.59. The topological polar surface area (TPSA) is 111 Å². The first-order chi connectivity index (χ1) is 20.5. The molecule has 0 saturated carbocycles. The number of H-pyrrole nitrogens is 1. The molecule has 9 nitrogen and oxygen atoms in total. The fourth-order valence-corrected chi connectivity index (χ4v) is 4.74. The lowest BCUT2D eigenvalue weighted by molar-refractivity contribution is 0.0727. The maximum absolute atomic E-state index is 13.3. The number of aromatic nitrogens is 1. The number of carbonyl (C=O) groups excluding carboxylic acids is 2. The van der Waals surface area contributed by atoms with Gasteiger partial charge in [-0.15, -0.1) is 0 Å². The zero-order chi connectivity index (χ0) is 29.1. The van der Waals surface area contributed by atoms with Gasteiger partial charge < -0.3 is 23.9 Å². The SMILES string of the molecule is CCOc1cc(C=NNC(=O)c2[nH]c3ccc(C)cc3c2-c2ccccc2)ccc1OC(=O)c1ccc2c(c1)OCO2. The van der Waals surface area contributed by atoms with E-state index in [9.17, 15) is 9.59 Å². The summed E-state index contributed by atoms with van der Waals surface area (Å²) < 4.78 is 22.0. The Balaban J connectivity index is 1.20. The van der Waals surface area contributed by atoms with Gasteiger partial charge in [-0.2, -0.15) is 5.10 Å². The second kappa shape index (κ2) is 11.5. The molecule has 6 rings (SSSR count). The summed E-state index contributed by atoms with van der Waals surface area (Å²) >= 11 is 0. The van der Waals surface area contributed by atoms with E-state index in [2.05, 4.69) is 21.6 Å². The summed E-state index contributed by atoms with van der Waals surface area (Å²) in [7, 11) is 0. The van der Waals surface area contributed by atoms with Gasteiger partial charge in [0.25, 0.3) is 5.91 Å². The zero-order valence-electron chi connectivity index (χ0n) is 23.0. The third-order valence-corrected chi connectivity index (χ3v) is 6.70. The summed E-state index contributed by atoms with van der Waals surface area (Å²) in [6.45, 7) is 4.32. The van der Waals surface area contributed by atoms with Gasteiger partial charge in [-0.3, -0.25) is 4.79 Å². The van der Waals surface area contributed by atoms with Gasteiger partial charge in [0.15, 0.2) is 23.0 Å². The lowest BCUT2D eigenvalue weighted by Crippen LogP contribution is -2.18. The van der Waals surface area contributed by atoms with Crippen molar-refractivity contribution in [1.82, 2.24) is 10.4 Å². The van der Waals surface area contributed by atoms with E-state index in [-0.39, 0.29) is 18.4 Å². The van der Waals surface area contributed by atoms with Crippen LogP contribution >= 0.6 is 0 Å². The number of benzene rings is 4. The highest BCUT2D eigenvalue weighted by molar-refractivity contribution is 6.10. The van der Waals surface area contributed by atoms with Crippen molar-refractivity contribution < 1.29 is 28.5 Å². The number of amides is 1. The molecule has 1 aliphatic heterocycles. The van der Waals surface area contributed by atoms with E-state index in [0.717, 1.165) is 27.6 Å². The summed E-state index contributed by atoms with van der Waals surface area (Å²) in [5, 5.41) is 5.14. The highest BCUT2D eigenvalue weighted by atomic mass is 16.7. The number of nitrogens with zero attached hydrogens (tertiary/aromatic N) is 1. The van der Waals surface area contributed by atoms with Crippen LogP contribution in [0.4, 0.5) is 0 Å². The summed E-state index contributed by atoms with van der Waals surface area (Å²) in [5.41, 5.74) is 7.69. The van der Waals surface area contributed by atoms with Crippen LogP contribution in [0.2, 0.25) is 0 Å². The number of aryl methyl sites for hydroxylation is 1. The van der Waals surface area contributed by atoms with Crippen molar-refractivity contribution in [2.24, 2.45) is 5.10 Å². The lowest BCUT2D eigenvalue weighted by Gasteiger charge is -2.11. The third kappa shape index (κ3) is 5.40. The van der Waals surface area contributed by atoms with Crippen molar-refractivity contribution in [3.63, 3.8) is 0 Å². The highest BCUT2D eigenvalue weighted by Crippen LogP contribution is 2.35. The van der Waals surface area contributed by atoms with E-state index in [0.29, 0.717) is 40.7 Å². The minimum atomic E-state index is -0.564.